The summed E-state index contributed by atoms with van der Waals surface area (Å²) in [6.45, 7) is 0.408. The van der Waals surface area contributed by atoms with Gasteiger partial charge in [-0.25, -0.2) is 4.79 Å². The molecule has 2 rings (SSSR count). The molecule has 5 heteroatoms. The van der Waals surface area contributed by atoms with Crippen molar-refractivity contribution in [2.45, 2.75) is 6.54 Å². The lowest BCUT2D eigenvalue weighted by atomic mass is 10.1. The molecular formula is C17H16N2O3. The first-order valence-corrected chi connectivity index (χ1v) is 6.72. The van der Waals surface area contributed by atoms with Crippen molar-refractivity contribution < 1.29 is 14.7 Å². The van der Waals surface area contributed by atoms with Crippen molar-refractivity contribution in [3.8, 4) is 0 Å². The molecule has 0 atom stereocenters. The second-order valence-electron chi connectivity index (χ2n) is 4.78. The summed E-state index contributed by atoms with van der Waals surface area (Å²) in [6, 6.07) is 11.9. The van der Waals surface area contributed by atoms with Crippen molar-refractivity contribution >= 4 is 18.0 Å². The summed E-state index contributed by atoms with van der Waals surface area (Å²) in [6.07, 6.45) is 4.79. The highest BCUT2D eigenvalue weighted by Gasteiger charge is 2.07. The Balaban J connectivity index is 1.96. The van der Waals surface area contributed by atoms with Gasteiger partial charge in [0.25, 0.3) is 0 Å². The molecule has 112 valence electrons. The molecule has 0 spiro atoms. The number of hydrogen-bond acceptors (Lipinski definition) is 3. The van der Waals surface area contributed by atoms with E-state index in [9.17, 15) is 9.59 Å². The van der Waals surface area contributed by atoms with Gasteiger partial charge in [-0.05, 0) is 35.9 Å². The van der Waals surface area contributed by atoms with E-state index in [0.29, 0.717) is 6.54 Å². The minimum Gasteiger partial charge on any atom is -0.478 e. The van der Waals surface area contributed by atoms with Gasteiger partial charge in [-0.1, -0.05) is 18.2 Å². The SMILES string of the molecule is CN(Cc1ccc(C(=O)O)cc1)C(=O)/C=C/c1ccccn1. The third-order valence-corrected chi connectivity index (χ3v) is 3.08. The fourth-order valence-corrected chi connectivity index (χ4v) is 1.86. The van der Waals surface area contributed by atoms with Crippen LogP contribution in [0.15, 0.2) is 54.7 Å². The van der Waals surface area contributed by atoms with E-state index < -0.39 is 5.97 Å². The van der Waals surface area contributed by atoms with Crippen molar-refractivity contribution in [2.75, 3.05) is 7.05 Å². The molecule has 1 amide bonds. The first-order chi connectivity index (χ1) is 10.6. The van der Waals surface area contributed by atoms with Crippen LogP contribution in [0.5, 0.6) is 0 Å². The van der Waals surface area contributed by atoms with Crippen molar-refractivity contribution in [1.82, 2.24) is 9.88 Å². The molecule has 0 radical (unpaired) electrons. The third-order valence-electron chi connectivity index (χ3n) is 3.08. The molecule has 22 heavy (non-hydrogen) atoms. The Morgan fingerprint density at radius 3 is 2.50 bits per heavy atom. The molecule has 1 aromatic heterocycles. The van der Waals surface area contributed by atoms with E-state index in [4.69, 9.17) is 5.11 Å². The van der Waals surface area contributed by atoms with E-state index in [1.165, 1.54) is 18.2 Å². The Morgan fingerprint density at radius 2 is 1.91 bits per heavy atom. The summed E-state index contributed by atoms with van der Waals surface area (Å²) in [5, 5.41) is 8.84. The average molecular weight is 296 g/mol. The summed E-state index contributed by atoms with van der Waals surface area (Å²) in [4.78, 5) is 28.5. The molecular weight excluding hydrogens is 280 g/mol. The van der Waals surface area contributed by atoms with Crippen LogP contribution in [0.25, 0.3) is 6.08 Å². The number of carboxylic acids is 1. The predicted molar refractivity (Wildman–Crippen MR) is 83.1 cm³/mol. The number of carbonyl (C=O) groups excluding carboxylic acids is 1. The van der Waals surface area contributed by atoms with Crippen LogP contribution in [-0.2, 0) is 11.3 Å². The molecule has 2 aromatic rings. The van der Waals surface area contributed by atoms with E-state index in [0.717, 1.165) is 11.3 Å². The average Bonchev–Trinajstić information content (AvgIpc) is 2.54. The largest absolute Gasteiger partial charge is 0.478 e. The second-order valence-corrected chi connectivity index (χ2v) is 4.78. The number of amides is 1. The number of aromatic nitrogens is 1. The topological polar surface area (TPSA) is 70.5 Å². The van der Waals surface area contributed by atoms with E-state index in [2.05, 4.69) is 4.98 Å². The zero-order chi connectivity index (χ0) is 15.9. The van der Waals surface area contributed by atoms with Gasteiger partial charge in [0.15, 0.2) is 0 Å². The van der Waals surface area contributed by atoms with E-state index in [1.807, 2.05) is 18.2 Å². The quantitative estimate of drug-likeness (QED) is 0.860. The van der Waals surface area contributed by atoms with Crippen LogP contribution in [0, 0.1) is 0 Å². The monoisotopic (exact) mass is 296 g/mol. The summed E-state index contributed by atoms with van der Waals surface area (Å²) in [7, 11) is 1.69. The lowest BCUT2D eigenvalue weighted by Crippen LogP contribution is -2.24. The minimum atomic E-state index is -0.964. The maximum Gasteiger partial charge on any atom is 0.335 e. The van der Waals surface area contributed by atoms with Crippen LogP contribution in [0.1, 0.15) is 21.6 Å². The maximum absolute atomic E-state index is 12.0. The number of carboxylic acid groups (broad SMARTS) is 1. The van der Waals surface area contributed by atoms with Crippen molar-refractivity contribution in [3.63, 3.8) is 0 Å². The highest BCUT2D eigenvalue weighted by atomic mass is 16.4. The van der Waals surface area contributed by atoms with Gasteiger partial charge in [-0.3, -0.25) is 9.78 Å². The number of aromatic carboxylic acids is 1. The molecule has 0 aliphatic heterocycles. The lowest BCUT2D eigenvalue weighted by molar-refractivity contribution is -0.125. The van der Waals surface area contributed by atoms with Crippen LogP contribution in [0.4, 0.5) is 0 Å². The zero-order valence-corrected chi connectivity index (χ0v) is 12.1. The van der Waals surface area contributed by atoms with Crippen LogP contribution < -0.4 is 0 Å². The van der Waals surface area contributed by atoms with E-state index in [1.54, 1.807) is 36.4 Å². The summed E-state index contributed by atoms with van der Waals surface area (Å²) < 4.78 is 0. The summed E-state index contributed by atoms with van der Waals surface area (Å²) in [5.74, 6) is -1.11. The van der Waals surface area contributed by atoms with Crippen LogP contribution in [0.3, 0.4) is 0 Å². The number of benzene rings is 1. The first kappa shape index (κ1) is 15.4. The van der Waals surface area contributed by atoms with Crippen LogP contribution in [0.2, 0.25) is 0 Å². The summed E-state index contributed by atoms with van der Waals surface area (Å²) >= 11 is 0. The van der Waals surface area contributed by atoms with E-state index in [-0.39, 0.29) is 11.5 Å². The molecule has 1 N–H and O–H groups in total. The van der Waals surface area contributed by atoms with Gasteiger partial charge >= 0.3 is 5.97 Å². The normalized spacial score (nSPS) is 10.6. The molecule has 0 fully saturated rings. The van der Waals surface area contributed by atoms with Gasteiger partial charge in [0, 0.05) is 25.9 Å². The number of hydrogen-bond donors (Lipinski definition) is 1. The van der Waals surface area contributed by atoms with Crippen molar-refractivity contribution in [2.24, 2.45) is 0 Å². The van der Waals surface area contributed by atoms with E-state index >= 15 is 0 Å². The van der Waals surface area contributed by atoms with Gasteiger partial charge in [0.05, 0.1) is 11.3 Å². The molecule has 0 bridgehead atoms. The Labute approximate surface area is 128 Å². The first-order valence-electron chi connectivity index (χ1n) is 6.72. The number of likely N-dealkylation sites (N-methyl/N-ethyl adjacent to an activating group) is 1. The fraction of sp³-hybridized carbons (Fsp3) is 0.118. The molecule has 0 unspecified atom stereocenters. The second kappa shape index (κ2) is 7.17. The molecule has 5 nitrogen and oxygen atoms in total. The number of nitrogens with zero attached hydrogens (tertiary/aromatic N) is 2. The van der Waals surface area contributed by atoms with Crippen molar-refractivity contribution in [3.05, 3.63) is 71.6 Å². The highest BCUT2D eigenvalue weighted by Crippen LogP contribution is 2.08. The van der Waals surface area contributed by atoms with Gasteiger partial charge in [-0.15, -0.1) is 0 Å². The molecule has 0 saturated carbocycles. The molecule has 0 aliphatic carbocycles. The Kier molecular flexibility index (Phi) is 5.03. The van der Waals surface area contributed by atoms with Gasteiger partial charge in [0.1, 0.15) is 0 Å². The van der Waals surface area contributed by atoms with Crippen molar-refractivity contribution in [1.29, 1.82) is 0 Å². The fourth-order valence-electron chi connectivity index (χ4n) is 1.86. The Bertz CT molecular complexity index is 679. The zero-order valence-electron chi connectivity index (χ0n) is 12.1. The Morgan fingerprint density at radius 1 is 1.18 bits per heavy atom. The standard InChI is InChI=1S/C17H16N2O3/c1-19(12-13-5-7-14(8-6-13)17(21)22)16(20)10-9-15-4-2-3-11-18-15/h2-11H,12H2,1H3,(H,21,22)/b10-9+. The predicted octanol–water partition coefficient (Wildman–Crippen LogP) is 2.45. The minimum absolute atomic E-state index is 0.145. The lowest BCUT2D eigenvalue weighted by Gasteiger charge is -2.15. The number of carbonyl (C=O) groups is 2. The van der Waals surface area contributed by atoms with Crippen LogP contribution >= 0.6 is 0 Å². The summed E-state index contributed by atoms with van der Waals surface area (Å²) in [5.41, 5.74) is 1.81. The van der Waals surface area contributed by atoms with Gasteiger partial charge < -0.3 is 10.0 Å². The number of rotatable bonds is 5. The molecule has 0 saturated heterocycles. The third kappa shape index (κ3) is 4.28. The highest BCUT2D eigenvalue weighted by molar-refractivity contribution is 5.91. The maximum atomic E-state index is 12.0. The van der Waals surface area contributed by atoms with Gasteiger partial charge in [-0.2, -0.15) is 0 Å². The smallest absolute Gasteiger partial charge is 0.335 e. The molecule has 1 heterocycles. The van der Waals surface area contributed by atoms with Crippen LogP contribution in [-0.4, -0.2) is 33.9 Å². The number of pyridine rings is 1. The van der Waals surface area contributed by atoms with Gasteiger partial charge in [0.2, 0.25) is 5.91 Å². The molecule has 1 aromatic carbocycles. The molecule has 0 aliphatic rings. The Hall–Kier alpha value is -2.95.